The second kappa shape index (κ2) is 19.0. The zero-order valence-corrected chi connectivity index (χ0v) is 32.7. The number of benzene rings is 4. The molecule has 0 bridgehead atoms. The number of carbonyl (C=O) groups excluding carboxylic acids is 3. The van der Waals surface area contributed by atoms with Gasteiger partial charge in [-0.15, -0.1) is 0 Å². The summed E-state index contributed by atoms with van der Waals surface area (Å²) in [5.74, 6) is -1.21. The van der Waals surface area contributed by atoms with Crippen LogP contribution in [0.3, 0.4) is 0 Å². The van der Waals surface area contributed by atoms with Crippen molar-refractivity contribution in [2.24, 2.45) is 23.5 Å². The van der Waals surface area contributed by atoms with E-state index in [0.29, 0.717) is 31.6 Å². The van der Waals surface area contributed by atoms with Crippen molar-refractivity contribution in [3.63, 3.8) is 0 Å². The quantitative estimate of drug-likeness (QED) is 0.0784. The van der Waals surface area contributed by atoms with Crippen LogP contribution < -0.4 is 11.1 Å². The molecule has 0 saturated heterocycles. The highest BCUT2D eigenvalue weighted by Crippen LogP contribution is 2.32. The summed E-state index contributed by atoms with van der Waals surface area (Å²) in [7, 11) is 0. The molecule has 0 spiro atoms. The number of aliphatic hydroxyl groups excluding tert-OH is 1. The number of fused-ring (bicyclic) bond motifs is 2. The minimum atomic E-state index is -1.77. The molecule has 1 fully saturated rings. The van der Waals surface area contributed by atoms with Crippen LogP contribution in [0.4, 0.5) is 0 Å². The molecule has 0 radical (unpaired) electrons. The molecular weight excluding hydrogens is 675 g/mol. The summed E-state index contributed by atoms with van der Waals surface area (Å²) in [6, 6.07) is 25.4. The molecule has 5 N–H and O–H groups in total. The van der Waals surface area contributed by atoms with Gasteiger partial charge in [0.1, 0.15) is 6.04 Å². The van der Waals surface area contributed by atoms with Crippen LogP contribution in [0.15, 0.2) is 84.9 Å². The molecule has 4 atom stereocenters. The topological polar surface area (TPSA) is 133 Å². The lowest BCUT2D eigenvalue weighted by Gasteiger charge is -2.42. The zero-order valence-electron chi connectivity index (χ0n) is 32.7. The molecule has 1 saturated carbocycles. The molecule has 3 amide bonds. The number of amides is 3. The van der Waals surface area contributed by atoms with E-state index in [1.165, 1.54) is 6.92 Å². The Balaban J connectivity index is 1.52. The van der Waals surface area contributed by atoms with E-state index in [2.05, 4.69) is 67.7 Å². The van der Waals surface area contributed by atoms with Gasteiger partial charge in [-0.05, 0) is 84.0 Å². The lowest BCUT2D eigenvalue weighted by Crippen LogP contribution is -2.66. The second-order valence-electron chi connectivity index (χ2n) is 16.3. The Kier molecular flexibility index (Phi) is 14.4. The number of unbranched alkanes of at least 4 members (excludes halogenated alkanes) is 1. The van der Waals surface area contributed by atoms with Crippen molar-refractivity contribution >= 4 is 39.3 Å². The number of nitrogens with one attached hydrogen (secondary N) is 1. The van der Waals surface area contributed by atoms with Gasteiger partial charge in [-0.25, -0.2) is 0 Å². The average molecular weight is 736 g/mol. The number of carbonyl (C=O) groups is 3. The van der Waals surface area contributed by atoms with E-state index in [9.17, 15) is 24.6 Å². The Morgan fingerprint density at radius 1 is 0.833 bits per heavy atom. The first-order valence-corrected chi connectivity index (χ1v) is 20.1. The van der Waals surface area contributed by atoms with E-state index in [0.717, 1.165) is 76.1 Å². The lowest BCUT2D eigenvalue weighted by atomic mass is 9.86. The molecule has 8 nitrogen and oxygen atoms in total. The highest BCUT2D eigenvalue weighted by Gasteiger charge is 2.46. The van der Waals surface area contributed by atoms with Crippen LogP contribution in [0.5, 0.6) is 0 Å². The summed E-state index contributed by atoms with van der Waals surface area (Å²) < 4.78 is 0. The standard InChI is InChI=1S/C46H61N3O5/c1-31(2)15-5-12-26-43(51)49(42(30-50)46(4,54)32(3)47)45(53)41(27-33-16-6-7-17-33)48-44(52)38(28-36-22-13-20-34-18-8-10-24-39(34)36)29-37-23-14-21-35-19-9-11-25-40(35)37/h8-11,13-14,18-25,31-33,38,41-42,50,54H,5-7,12,15-17,26-30,47H2,1-4H3,(H,48,52)/t32-,41?,42+,46-/m0/s1. The minimum absolute atomic E-state index is 0.0822. The third-order valence-corrected chi connectivity index (χ3v) is 11.7. The fourth-order valence-corrected chi connectivity index (χ4v) is 8.22. The largest absolute Gasteiger partial charge is 0.394 e. The Morgan fingerprint density at radius 3 is 1.89 bits per heavy atom. The molecule has 8 heteroatoms. The summed E-state index contributed by atoms with van der Waals surface area (Å²) in [6.45, 7) is 6.65. The molecular formula is C46H61N3O5. The number of hydrogen-bond donors (Lipinski definition) is 4. The first-order valence-electron chi connectivity index (χ1n) is 20.1. The molecule has 1 aliphatic carbocycles. The second-order valence-corrected chi connectivity index (χ2v) is 16.3. The Labute approximate surface area is 321 Å². The fraction of sp³-hybridized carbons (Fsp3) is 0.500. The van der Waals surface area contributed by atoms with Crippen LogP contribution >= 0.6 is 0 Å². The Bertz CT molecular complexity index is 1770. The molecule has 1 unspecified atom stereocenters. The van der Waals surface area contributed by atoms with Gasteiger partial charge in [-0.2, -0.15) is 0 Å². The van der Waals surface area contributed by atoms with E-state index in [1.54, 1.807) is 6.92 Å². The molecule has 290 valence electrons. The van der Waals surface area contributed by atoms with Gasteiger partial charge in [0, 0.05) is 18.4 Å². The van der Waals surface area contributed by atoms with Crippen LogP contribution in [0, 0.1) is 17.8 Å². The fourth-order valence-electron chi connectivity index (χ4n) is 8.22. The van der Waals surface area contributed by atoms with Crippen LogP contribution in [0.1, 0.15) is 96.6 Å². The number of rotatable bonds is 18. The molecule has 4 aromatic carbocycles. The number of hydrogen-bond acceptors (Lipinski definition) is 6. The third-order valence-electron chi connectivity index (χ3n) is 11.7. The van der Waals surface area contributed by atoms with Crippen LogP contribution in [-0.2, 0) is 27.2 Å². The zero-order chi connectivity index (χ0) is 38.8. The van der Waals surface area contributed by atoms with Crippen molar-refractivity contribution in [2.45, 2.75) is 122 Å². The monoisotopic (exact) mass is 735 g/mol. The molecule has 0 heterocycles. The maximum atomic E-state index is 14.9. The van der Waals surface area contributed by atoms with Gasteiger partial charge in [0.25, 0.3) is 5.91 Å². The summed E-state index contributed by atoms with van der Waals surface area (Å²) in [5, 5.41) is 29.8. The van der Waals surface area contributed by atoms with E-state index >= 15 is 0 Å². The van der Waals surface area contributed by atoms with E-state index in [4.69, 9.17) is 5.73 Å². The van der Waals surface area contributed by atoms with Gasteiger partial charge in [0.15, 0.2) is 0 Å². The van der Waals surface area contributed by atoms with Crippen molar-refractivity contribution in [3.8, 4) is 0 Å². The highest BCUT2D eigenvalue weighted by molar-refractivity contribution is 6.00. The van der Waals surface area contributed by atoms with Crippen LogP contribution in [0.2, 0.25) is 0 Å². The van der Waals surface area contributed by atoms with E-state index in [1.807, 2.05) is 36.4 Å². The van der Waals surface area contributed by atoms with Crippen molar-refractivity contribution < 1.29 is 24.6 Å². The van der Waals surface area contributed by atoms with Gasteiger partial charge < -0.3 is 21.3 Å². The average Bonchev–Trinajstić information content (AvgIpc) is 3.68. The van der Waals surface area contributed by atoms with Crippen molar-refractivity contribution in [1.82, 2.24) is 10.2 Å². The Morgan fingerprint density at radius 2 is 1.37 bits per heavy atom. The van der Waals surface area contributed by atoms with Gasteiger partial charge in [0.05, 0.1) is 18.2 Å². The summed E-state index contributed by atoms with van der Waals surface area (Å²) in [6.07, 6.45) is 7.60. The maximum Gasteiger partial charge on any atom is 0.252 e. The van der Waals surface area contributed by atoms with E-state index < -0.39 is 48.1 Å². The first-order chi connectivity index (χ1) is 25.9. The predicted molar refractivity (Wildman–Crippen MR) is 218 cm³/mol. The molecule has 4 aromatic rings. The predicted octanol–water partition coefficient (Wildman–Crippen LogP) is 7.49. The highest BCUT2D eigenvalue weighted by atomic mass is 16.3. The van der Waals surface area contributed by atoms with Gasteiger partial charge in [0.2, 0.25) is 11.8 Å². The number of nitrogens with two attached hydrogens (primary N) is 1. The van der Waals surface area contributed by atoms with Gasteiger partial charge in [-0.1, -0.05) is 137 Å². The number of aliphatic hydroxyl groups is 2. The van der Waals surface area contributed by atoms with Crippen LogP contribution in [0.25, 0.3) is 21.5 Å². The summed E-state index contributed by atoms with van der Waals surface area (Å²) >= 11 is 0. The lowest BCUT2D eigenvalue weighted by molar-refractivity contribution is -0.161. The third kappa shape index (κ3) is 10.1. The van der Waals surface area contributed by atoms with Crippen molar-refractivity contribution in [2.75, 3.05) is 6.61 Å². The van der Waals surface area contributed by atoms with Crippen molar-refractivity contribution in [3.05, 3.63) is 96.1 Å². The molecule has 5 rings (SSSR count). The molecule has 0 aromatic heterocycles. The maximum absolute atomic E-state index is 14.9. The summed E-state index contributed by atoms with van der Waals surface area (Å²) in [5.41, 5.74) is 6.52. The molecule has 54 heavy (non-hydrogen) atoms. The van der Waals surface area contributed by atoms with Crippen molar-refractivity contribution in [1.29, 1.82) is 0 Å². The van der Waals surface area contributed by atoms with Crippen LogP contribution in [-0.4, -0.2) is 63.2 Å². The SMILES string of the molecule is CC(C)CCCCC(=O)N(C(=O)C(CC1CCCC1)NC(=O)C(Cc1cccc2ccccc12)Cc1cccc2ccccc12)[C@H](CO)[C@@](C)(O)[C@H](C)N. The van der Waals surface area contributed by atoms with Gasteiger partial charge >= 0.3 is 0 Å². The number of imide groups is 1. The van der Waals surface area contributed by atoms with E-state index in [-0.39, 0.29) is 18.2 Å². The molecule has 0 aliphatic heterocycles. The smallest absolute Gasteiger partial charge is 0.252 e. The molecule has 1 aliphatic rings. The first kappa shape index (κ1) is 41.1. The minimum Gasteiger partial charge on any atom is -0.394 e. The normalized spacial score (nSPS) is 16.4. The Hall–Kier alpha value is -4.11. The summed E-state index contributed by atoms with van der Waals surface area (Å²) in [4.78, 5) is 44.9. The number of nitrogens with zero attached hydrogens (tertiary/aromatic N) is 1. The van der Waals surface area contributed by atoms with Gasteiger partial charge in [-0.3, -0.25) is 19.3 Å².